The first-order valence-corrected chi connectivity index (χ1v) is 12.0. The van der Waals surface area contributed by atoms with Crippen LogP contribution in [0.15, 0.2) is 47.4 Å². The van der Waals surface area contributed by atoms with E-state index in [1.807, 2.05) is 32.9 Å². The van der Waals surface area contributed by atoms with Crippen LogP contribution >= 0.6 is 0 Å². The Hall–Kier alpha value is -1.93. The summed E-state index contributed by atoms with van der Waals surface area (Å²) < 4.78 is 33.8. The van der Waals surface area contributed by atoms with Crippen molar-refractivity contribution < 1.29 is 13.2 Å². The third-order valence-electron chi connectivity index (χ3n) is 5.31. The van der Waals surface area contributed by atoms with Gasteiger partial charge in [0.25, 0.3) is 0 Å². The second kappa shape index (κ2) is 9.92. The Bertz CT molecular complexity index is 935. The number of nitrogens with one attached hydrogen (secondary N) is 1. The summed E-state index contributed by atoms with van der Waals surface area (Å²) in [6, 6.07) is 13.1. The van der Waals surface area contributed by atoms with E-state index in [2.05, 4.69) is 33.7 Å². The molecule has 164 valence electrons. The lowest BCUT2D eigenvalue weighted by Gasteiger charge is -2.32. The molecule has 1 aliphatic rings. The summed E-state index contributed by atoms with van der Waals surface area (Å²) in [7, 11) is -1.43. The highest BCUT2D eigenvalue weighted by Gasteiger charge is 2.16. The predicted molar refractivity (Wildman–Crippen MR) is 120 cm³/mol. The van der Waals surface area contributed by atoms with Crippen LogP contribution in [-0.2, 0) is 23.1 Å². The Kier molecular flexibility index (Phi) is 7.52. The molecule has 0 unspecified atom stereocenters. The van der Waals surface area contributed by atoms with Crippen LogP contribution < -0.4 is 9.46 Å². The van der Waals surface area contributed by atoms with Gasteiger partial charge >= 0.3 is 0 Å². The molecular formula is C23H33N3O3S. The third kappa shape index (κ3) is 6.28. The van der Waals surface area contributed by atoms with E-state index in [0.717, 1.165) is 43.9 Å². The summed E-state index contributed by atoms with van der Waals surface area (Å²) in [6.45, 7) is 11.3. The van der Waals surface area contributed by atoms with Gasteiger partial charge in [-0.15, -0.1) is 0 Å². The van der Waals surface area contributed by atoms with Crippen molar-refractivity contribution in [1.29, 1.82) is 0 Å². The summed E-state index contributed by atoms with van der Waals surface area (Å²) in [4.78, 5) is 5.05. The lowest BCUT2D eigenvalue weighted by Crippen LogP contribution is -2.43. The number of benzene rings is 2. The SMILES string of the molecule is Cc1cc(S(=O)(=O)NCc2ccc(CN3CCN(C)CC3)cc2)ccc1OC(C)C. The Morgan fingerprint density at radius 3 is 2.23 bits per heavy atom. The monoisotopic (exact) mass is 431 g/mol. The molecule has 0 amide bonds. The van der Waals surface area contributed by atoms with E-state index in [1.54, 1.807) is 18.2 Å². The number of aryl methyl sites for hydroxylation is 1. The number of piperazine rings is 1. The van der Waals surface area contributed by atoms with E-state index in [-0.39, 0.29) is 17.5 Å². The number of hydrogen-bond donors (Lipinski definition) is 1. The molecule has 7 heteroatoms. The Morgan fingerprint density at radius 1 is 1.00 bits per heavy atom. The van der Waals surface area contributed by atoms with Crippen molar-refractivity contribution >= 4 is 10.0 Å². The number of rotatable bonds is 8. The van der Waals surface area contributed by atoms with Crippen LogP contribution in [0.25, 0.3) is 0 Å². The molecule has 0 bridgehead atoms. The minimum Gasteiger partial charge on any atom is -0.491 e. The molecule has 1 aliphatic heterocycles. The first-order chi connectivity index (χ1) is 14.2. The van der Waals surface area contributed by atoms with Crippen LogP contribution in [0.3, 0.4) is 0 Å². The normalized spacial score (nSPS) is 16.2. The first-order valence-electron chi connectivity index (χ1n) is 10.5. The Morgan fingerprint density at radius 2 is 1.63 bits per heavy atom. The minimum atomic E-state index is -3.58. The maximum absolute atomic E-state index is 12.7. The van der Waals surface area contributed by atoms with Gasteiger partial charge in [0.05, 0.1) is 11.0 Å². The van der Waals surface area contributed by atoms with Crippen molar-refractivity contribution in [3.05, 3.63) is 59.2 Å². The topological polar surface area (TPSA) is 61.9 Å². The molecule has 0 radical (unpaired) electrons. The second-order valence-electron chi connectivity index (χ2n) is 8.31. The van der Waals surface area contributed by atoms with Crippen LogP contribution in [0.1, 0.15) is 30.5 Å². The highest BCUT2D eigenvalue weighted by atomic mass is 32.2. The predicted octanol–water partition coefficient (Wildman–Crippen LogP) is 3.01. The largest absolute Gasteiger partial charge is 0.491 e. The number of sulfonamides is 1. The lowest BCUT2D eigenvalue weighted by molar-refractivity contribution is 0.148. The fourth-order valence-corrected chi connectivity index (χ4v) is 4.57. The molecule has 1 heterocycles. The van der Waals surface area contributed by atoms with E-state index in [0.29, 0.717) is 5.75 Å². The van der Waals surface area contributed by atoms with Crippen LogP contribution in [0.5, 0.6) is 5.75 Å². The Balaban J connectivity index is 1.57. The molecular weight excluding hydrogens is 398 g/mol. The molecule has 6 nitrogen and oxygen atoms in total. The van der Waals surface area contributed by atoms with Crippen molar-refractivity contribution in [2.45, 2.75) is 44.9 Å². The lowest BCUT2D eigenvalue weighted by atomic mass is 10.1. The molecule has 2 aromatic rings. The van der Waals surface area contributed by atoms with Crippen LogP contribution in [0.2, 0.25) is 0 Å². The fraction of sp³-hybridized carbons (Fsp3) is 0.478. The van der Waals surface area contributed by atoms with E-state index in [1.165, 1.54) is 5.56 Å². The van der Waals surface area contributed by atoms with Crippen molar-refractivity contribution in [2.75, 3.05) is 33.2 Å². The summed E-state index contributed by atoms with van der Waals surface area (Å²) in [5.74, 6) is 0.708. The second-order valence-corrected chi connectivity index (χ2v) is 10.1. The van der Waals surface area contributed by atoms with Gasteiger partial charge in [-0.25, -0.2) is 13.1 Å². The van der Waals surface area contributed by atoms with Gasteiger partial charge in [-0.05, 0) is 62.7 Å². The maximum Gasteiger partial charge on any atom is 0.240 e. The van der Waals surface area contributed by atoms with Gasteiger partial charge in [-0.3, -0.25) is 4.90 Å². The maximum atomic E-state index is 12.7. The number of likely N-dealkylation sites (N-methyl/N-ethyl adjacent to an activating group) is 1. The van der Waals surface area contributed by atoms with E-state index < -0.39 is 10.0 Å². The summed E-state index contributed by atoms with van der Waals surface area (Å²) >= 11 is 0. The number of nitrogens with zero attached hydrogens (tertiary/aromatic N) is 2. The van der Waals surface area contributed by atoms with Crippen LogP contribution in [-0.4, -0.2) is 57.5 Å². The molecule has 0 aliphatic carbocycles. The quantitative estimate of drug-likeness (QED) is 0.696. The number of ether oxygens (including phenoxy) is 1. The standard InChI is InChI=1S/C23H33N3O3S/c1-18(2)29-23-10-9-22(15-19(23)3)30(27,28)24-16-20-5-7-21(8-6-20)17-26-13-11-25(4)12-14-26/h5-10,15,18,24H,11-14,16-17H2,1-4H3. The molecule has 1 fully saturated rings. The summed E-state index contributed by atoms with van der Waals surface area (Å²) in [5, 5.41) is 0. The van der Waals surface area contributed by atoms with Crippen molar-refractivity contribution in [3.63, 3.8) is 0 Å². The zero-order chi connectivity index (χ0) is 21.7. The zero-order valence-electron chi connectivity index (χ0n) is 18.4. The molecule has 0 atom stereocenters. The highest BCUT2D eigenvalue weighted by molar-refractivity contribution is 7.89. The van der Waals surface area contributed by atoms with Crippen LogP contribution in [0, 0.1) is 6.92 Å². The minimum absolute atomic E-state index is 0.0449. The highest BCUT2D eigenvalue weighted by Crippen LogP contribution is 2.23. The third-order valence-corrected chi connectivity index (χ3v) is 6.71. The number of hydrogen-bond acceptors (Lipinski definition) is 5. The van der Waals surface area contributed by atoms with Gasteiger partial charge < -0.3 is 9.64 Å². The summed E-state index contributed by atoms with van der Waals surface area (Å²) in [6.07, 6.45) is 0.0449. The van der Waals surface area contributed by atoms with Crippen molar-refractivity contribution in [3.8, 4) is 5.75 Å². The van der Waals surface area contributed by atoms with Crippen molar-refractivity contribution in [1.82, 2.24) is 14.5 Å². The summed E-state index contributed by atoms with van der Waals surface area (Å²) in [5.41, 5.74) is 3.00. The zero-order valence-corrected chi connectivity index (χ0v) is 19.2. The van der Waals surface area contributed by atoms with Crippen LogP contribution in [0.4, 0.5) is 0 Å². The molecule has 0 spiro atoms. The average Bonchev–Trinajstić information content (AvgIpc) is 2.70. The van der Waals surface area contributed by atoms with Gasteiger partial charge in [0, 0.05) is 39.3 Å². The Labute approximate surface area is 180 Å². The molecule has 30 heavy (non-hydrogen) atoms. The van der Waals surface area contributed by atoms with E-state index in [4.69, 9.17) is 4.74 Å². The molecule has 2 aromatic carbocycles. The molecule has 3 rings (SSSR count). The van der Waals surface area contributed by atoms with Gasteiger partial charge in [-0.2, -0.15) is 0 Å². The smallest absolute Gasteiger partial charge is 0.240 e. The first kappa shape index (κ1) is 22.7. The molecule has 1 saturated heterocycles. The molecule has 1 N–H and O–H groups in total. The van der Waals surface area contributed by atoms with Gasteiger partial charge in [0.1, 0.15) is 5.75 Å². The average molecular weight is 432 g/mol. The van der Waals surface area contributed by atoms with Gasteiger partial charge in [0.15, 0.2) is 0 Å². The van der Waals surface area contributed by atoms with E-state index in [9.17, 15) is 8.42 Å². The van der Waals surface area contributed by atoms with Gasteiger partial charge in [-0.1, -0.05) is 24.3 Å². The van der Waals surface area contributed by atoms with Crippen molar-refractivity contribution in [2.24, 2.45) is 0 Å². The van der Waals surface area contributed by atoms with Gasteiger partial charge in [0.2, 0.25) is 10.0 Å². The van der Waals surface area contributed by atoms with E-state index >= 15 is 0 Å². The molecule has 0 saturated carbocycles. The fourth-order valence-electron chi connectivity index (χ4n) is 3.46. The molecule has 0 aromatic heterocycles.